The van der Waals surface area contributed by atoms with Crippen molar-refractivity contribution in [2.24, 2.45) is 0 Å². The third kappa shape index (κ3) is 2.92. The third-order valence-electron chi connectivity index (χ3n) is 2.56. The maximum atomic E-state index is 5.83. The number of pyridine rings is 1. The quantitative estimate of drug-likeness (QED) is 0.729. The smallest absolute Gasteiger partial charge is 0.222 e. The number of halogens is 1. The molecule has 98 valence electrons. The lowest BCUT2D eigenvalue weighted by atomic mass is 10.3. The van der Waals surface area contributed by atoms with E-state index in [1.807, 2.05) is 18.2 Å². The second-order valence-electron chi connectivity index (χ2n) is 3.99. The summed E-state index contributed by atoms with van der Waals surface area (Å²) >= 11 is 5.83. The Kier molecular flexibility index (Phi) is 3.56. The molecule has 0 fully saturated rings. The van der Waals surface area contributed by atoms with Crippen LogP contribution < -0.4 is 4.74 Å². The molecule has 0 unspecified atom stereocenters. The summed E-state index contributed by atoms with van der Waals surface area (Å²) in [5.74, 6) is 1.65. The molecule has 0 saturated heterocycles. The summed E-state index contributed by atoms with van der Waals surface area (Å²) in [4.78, 5) is 12.7. The van der Waals surface area contributed by atoms with Crippen molar-refractivity contribution >= 4 is 11.6 Å². The Labute approximate surface area is 121 Å². The van der Waals surface area contributed by atoms with Crippen molar-refractivity contribution in [2.45, 2.75) is 0 Å². The zero-order chi connectivity index (χ0) is 13.8. The summed E-state index contributed by atoms with van der Waals surface area (Å²) in [5, 5.41) is 0.661. The molecular formula is C15H10ClN3O. The predicted octanol–water partition coefficient (Wildman–Crippen LogP) is 3.98. The molecule has 3 rings (SSSR count). The number of benzene rings is 1. The summed E-state index contributed by atoms with van der Waals surface area (Å²) in [6, 6.07) is 14.4. The Morgan fingerprint density at radius 3 is 2.45 bits per heavy atom. The van der Waals surface area contributed by atoms with Crippen LogP contribution in [0.5, 0.6) is 11.6 Å². The fourth-order valence-corrected chi connectivity index (χ4v) is 1.77. The summed E-state index contributed by atoms with van der Waals surface area (Å²) in [5.41, 5.74) is 0.703. The second-order valence-corrected chi connectivity index (χ2v) is 4.43. The molecular weight excluding hydrogens is 274 g/mol. The van der Waals surface area contributed by atoms with Crippen molar-refractivity contribution in [3.05, 3.63) is 65.9 Å². The van der Waals surface area contributed by atoms with E-state index < -0.39 is 0 Å². The minimum Gasteiger partial charge on any atom is -0.439 e. The predicted molar refractivity (Wildman–Crippen MR) is 76.8 cm³/mol. The van der Waals surface area contributed by atoms with Crippen molar-refractivity contribution in [3.63, 3.8) is 0 Å². The Morgan fingerprint density at radius 2 is 1.70 bits per heavy atom. The lowest BCUT2D eigenvalue weighted by Crippen LogP contribution is -1.94. The van der Waals surface area contributed by atoms with Crippen LogP contribution in [0.4, 0.5) is 0 Å². The maximum Gasteiger partial charge on any atom is 0.222 e. The second kappa shape index (κ2) is 5.67. The van der Waals surface area contributed by atoms with E-state index in [9.17, 15) is 0 Å². The van der Waals surface area contributed by atoms with E-state index in [2.05, 4.69) is 15.0 Å². The first-order chi connectivity index (χ1) is 9.81. The topological polar surface area (TPSA) is 47.9 Å². The zero-order valence-corrected chi connectivity index (χ0v) is 11.2. The van der Waals surface area contributed by atoms with E-state index in [1.165, 1.54) is 0 Å². The Hall–Kier alpha value is -2.46. The molecule has 1 aromatic carbocycles. The van der Waals surface area contributed by atoms with Gasteiger partial charge in [0.2, 0.25) is 5.88 Å². The summed E-state index contributed by atoms with van der Waals surface area (Å²) in [6.45, 7) is 0. The minimum absolute atomic E-state index is 0.461. The Bertz CT molecular complexity index is 702. The van der Waals surface area contributed by atoms with Crippen LogP contribution in [0, 0.1) is 0 Å². The highest BCUT2D eigenvalue weighted by Crippen LogP contribution is 2.22. The van der Waals surface area contributed by atoms with Crippen LogP contribution in [0.1, 0.15) is 0 Å². The molecule has 3 aromatic rings. The van der Waals surface area contributed by atoms with Crippen LogP contribution in [0.15, 0.2) is 60.9 Å². The van der Waals surface area contributed by atoms with E-state index >= 15 is 0 Å². The van der Waals surface area contributed by atoms with E-state index in [1.54, 1.807) is 42.7 Å². The maximum absolute atomic E-state index is 5.83. The lowest BCUT2D eigenvalue weighted by Gasteiger charge is -2.05. The normalized spacial score (nSPS) is 10.2. The molecule has 0 N–H and O–H groups in total. The molecule has 0 spiro atoms. The summed E-state index contributed by atoms with van der Waals surface area (Å²) < 4.78 is 5.66. The van der Waals surface area contributed by atoms with Gasteiger partial charge in [0.25, 0.3) is 0 Å². The van der Waals surface area contributed by atoms with Crippen molar-refractivity contribution in [1.29, 1.82) is 0 Å². The standard InChI is InChI=1S/C15H10ClN3O/c16-11-4-6-12(7-5-11)20-14-8-10-18-15(19-14)13-3-1-2-9-17-13/h1-10H. The van der Waals surface area contributed by atoms with Crippen molar-refractivity contribution in [1.82, 2.24) is 15.0 Å². The van der Waals surface area contributed by atoms with Gasteiger partial charge in [0.05, 0.1) is 0 Å². The molecule has 0 aliphatic carbocycles. The molecule has 0 amide bonds. The van der Waals surface area contributed by atoms with E-state index in [-0.39, 0.29) is 0 Å². The lowest BCUT2D eigenvalue weighted by molar-refractivity contribution is 0.462. The highest BCUT2D eigenvalue weighted by molar-refractivity contribution is 6.30. The van der Waals surface area contributed by atoms with Crippen LogP contribution >= 0.6 is 11.6 Å². The molecule has 0 aliphatic heterocycles. The van der Waals surface area contributed by atoms with Gasteiger partial charge in [0, 0.05) is 23.5 Å². The average molecular weight is 284 g/mol. The SMILES string of the molecule is Clc1ccc(Oc2ccnc(-c3ccccn3)n2)cc1. The number of ether oxygens (including phenoxy) is 1. The number of hydrogen-bond donors (Lipinski definition) is 0. The molecule has 0 atom stereocenters. The fourth-order valence-electron chi connectivity index (χ4n) is 1.64. The average Bonchev–Trinajstić information content (AvgIpc) is 2.51. The van der Waals surface area contributed by atoms with Gasteiger partial charge in [0.15, 0.2) is 5.82 Å². The van der Waals surface area contributed by atoms with Gasteiger partial charge in [0.1, 0.15) is 11.4 Å². The number of nitrogens with zero attached hydrogens (tertiary/aromatic N) is 3. The zero-order valence-electron chi connectivity index (χ0n) is 10.4. The van der Waals surface area contributed by atoms with Crippen molar-refractivity contribution in [2.75, 3.05) is 0 Å². The molecule has 2 aromatic heterocycles. The highest BCUT2D eigenvalue weighted by atomic mass is 35.5. The Morgan fingerprint density at radius 1 is 0.850 bits per heavy atom. The van der Waals surface area contributed by atoms with Crippen LogP contribution in [0.2, 0.25) is 5.02 Å². The third-order valence-corrected chi connectivity index (χ3v) is 2.81. The molecule has 20 heavy (non-hydrogen) atoms. The van der Waals surface area contributed by atoms with Gasteiger partial charge in [-0.15, -0.1) is 0 Å². The van der Waals surface area contributed by atoms with Crippen molar-refractivity contribution < 1.29 is 4.74 Å². The van der Waals surface area contributed by atoms with Gasteiger partial charge in [-0.05, 0) is 36.4 Å². The number of aromatic nitrogens is 3. The van der Waals surface area contributed by atoms with Gasteiger partial charge in [-0.1, -0.05) is 17.7 Å². The van der Waals surface area contributed by atoms with Crippen LogP contribution in [-0.2, 0) is 0 Å². The molecule has 4 nitrogen and oxygen atoms in total. The molecule has 0 bridgehead atoms. The van der Waals surface area contributed by atoms with Gasteiger partial charge >= 0.3 is 0 Å². The van der Waals surface area contributed by atoms with E-state index in [0.717, 1.165) is 0 Å². The molecule has 0 aliphatic rings. The monoisotopic (exact) mass is 283 g/mol. The van der Waals surface area contributed by atoms with E-state index in [0.29, 0.717) is 28.2 Å². The van der Waals surface area contributed by atoms with Gasteiger partial charge in [-0.25, -0.2) is 4.98 Å². The number of rotatable bonds is 3. The van der Waals surface area contributed by atoms with Gasteiger partial charge < -0.3 is 4.74 Å². The van der Waals surface area contributed by atoms with Crippen LogP contribution in [0.3, 0.4) is 0 Å². The molecule has 0 radical (unpaired) electrons. The first-order valence-corrected chi connectivity index (χ1v) is 6.37. The first-order valence-electron chi connectivity index (χ1n) is 5.99. The largest absolute Gasteiger partial charge is 0.439 e. The van der Waals surface area contributed by atoms with Crippen molar-refractivity contribution in [3.8, 4) is 23.1 Å². The van der Waals surface area contributed by atoms with Gasteiger partial charge in [-0.2, -0.15) is 4.98 Å². The fraction of sp³-hybridized carbons (Fsp3) is 0. The minimum atomic E-state index is 0.461. The van der Waals surface area contributed by atoms with Gasteiger partial charge in [-0.3, -0.25) is 4.98 Å². The number of hydrogen-bond acceptors (Lipinski definition) is 4. The molecule has 5 heteroatoms. The van der Waals surface area contributed by atoms with Crippen LogP contribution in [-0.4, -0.2) is 15.0 Å². The summed E-state index contributed by atoms with van der Waals surface area (Å²) in [7, 11) is 0. The summed E-state index contributed by atoms with van der Waals surface area (Å²) in [6.07, 6.45) is 3.34. The van der Waals surface area contributed by atoms with E-state index in [4.69, 9.17) is 16.3 Å². The molecule has 2 heterocycles. The highest BCUT2D eigenvalue weighted by Gasteiger charge is 2.05. The van der Waals surface area contributed by atoms with Crippen LogP contribution in [0.25, 0.3) is 11.5 Å². The first kappa shape index (κ1) is 12.6. The Balaban J connectivity index is 1.86. The molecule has 0 saturated carbocycles.